The number of unbranched alkanes of at least 4 members (excludes halogenated alkanes) is 1. The summed E-state index contributed by atoms with van der Waals surface area (Å²) in [5.41, 5.74) is 4.45. The van der Waals surface area contributed by atoms with E-state index in [9.17, 15) is 14.0 Å². The van der Waals surface area contributed by atoms with Gasteiger partial charge in [-0.1, -0.05) is 24.3 Å². The first-order valence-electron chi connectivity index (χ1n) is 8.36. The van der Waals surface area contributed by atoms with Gasteiger partial charge in [0.2, 0.25) is 11.8 Å². The number of hydrogen-bond donors (Lipinski definition) is 3. The van der Waals surface area contributed by atoms with Crippen molar-refractivity contribution in [2.24, 2.45) is 5.10 Å². The maximum atomic E-state index is 13.9. The molecule has 0 atom stereocenters. The summed E-state index contributed by atoms with van der Waals surface area (Å²) in [5, 5.41) is 12.2. The van der Waals surface area contributed by atoms with Gasteiger partial charge in [0.1, 0.15) is 5.75 Å². The molecule has 0 saturated heterocycles. The van der Waals surface area contributed by atoms with Crippen LogP contribution in [0.4, 0.5) is 4.39 Å². The van der Waals surface area contributed by atoms with Crippen LogP contribution < -0.4 is 15.6 Å². The van der Waals surface area contributed by atoms with Gasteiger partial charge in [-0.3, -0.25) is 14.8 Å². The molecule has 0 saturated carbocycles. The molecule has 0 aliphatic carbocycles. The van der Waals surface area contributed by atoms with Gasteiger partial charge in [0, 0.05) is 12.8 Å². The van der Waals surface area contributed by atoms with E-state index in [1.165, 1.54) is 29.9 Å². The minimum Gasteiger partial charge on any atom is -0.454 e. The van der Waals surface area contributed by atoms with Crippen LogP contribution in [-0.4, -0.2) is 23.2 Å². The molecule has 0 aliphatic rings. The van der Waals surface area contributed by atoms with Crippen LogP contribution in [0.1, 0.15) is 31.2 Å². The van der Waals surface area contributed by atoms with Gasteiger partial charge in [0.05, 0.1) is 6.21 Å². The standard InChI is InChI=1S/C19H20FN3O4/c20-16-11-10-14(12-17(16)27-15-6-2-1-3-7-15)13-21-22-18(24)8-4-5-9-19(25)23-26/h1-3,6-7,10-13,26H,4-5,8-9H2,(H,22,24)(H,23,25)/b21-13+. The Morgan fingerprint density at radius 3 is 2.48 bits per heavy atom. The molecule has 0 spiro atoms. The van der Waals surface area contributed by atoms with E-state index in [2.05, 4.69) is 10.5 Å². The molecule has 0 aromatic heterocycles. The number of rotatable bonds is 9. The van der Waals surface area contributed by atoms with Crippen LogP contribution in [0.5, 0.6) is 11.5 Å². The van der Waals surface area contributed by atoms with Crippen molar-refractivity contribution >= 4 is 18.0 Å². The second-order valence-electron chi connectivity index (χ2n) is 5.64. The first-order chi connectivity index (χ1) is 13.1. The molecule has 0 fully saturated rings. The number of halogens is 1. The highest BCUT2D eigenvalue weighted by Gasteiger charge is 2.06. The van der Waals surface area contributed by atoms with Gasteiger partial charge >= 0.3 is 0 Å². The summed E-state index contributed by atoms with van der Waals surface area (Å²) < 4.78 is 19.4. The Hall–Kier alpha value is -3.26. The molecular weight excluding hydrogens is 353 g/mol. The van der Waals surface area contributed by atoms with Crippen LogP contribution in [0.15, 0.2) is 53.6 Å². The van der Waals surface area contributed by atoms with E-state index in [0.717, 1.165) is 0 Å². The number of hydrogen-bond acceptors (Lipinski definition) is 5. The number of amides is 2. The summed E-state index contributed by atoms with van der Waals surface area (Å²) in [5.74, 6) is -0.740. The van der Waals surface area contributed by atoms with Crippen LogP contribution in [0.3, 0.4) is 0 Å². The summed E-state index contributed by atoms with van der Waals surface area (Å²) in [7, 11) is 0. The number of ether oxygens (including phenoxy) is 1. The molecule has 0 heterocycles. The number of carbonyl (C=O) groups excluding carboxylic acids is 2. The number of benzene rings is 2. The topological polar surface area (TPSA) is 100 Å². The van der Waals surface area contributed by atoms with Gasteiger partial charge in [-0.05, 0) is 42.7 Å². The Kier molecular flexibility index (Phi) is 7.92. The van der Waals surface area contributed by atoms with Gasteiger partial charge in [0.15, 0.2) is 11.6 Å². The highest BCUT2D eigenvalue weighted by atomic mass is 19.1. The lowest BCUT2D eigenvalue weighted by Crippen LogP contribution is -2.19. The van der Waals surface area contributed by atoms with E-state index >= 15 is 0 Å². The molecule has 8 heteroatoms. The predicted molar refractivity (Wildman–Crippen MR) is 97.0 cm³/mol. The fourth-order valence-corrected chi connectivity index (χ4v) is 2.16. The lowest BCUT2D eigenvalue weighted by atomic mass is 10.2. The first kappa shape index (κ1) is 20.1. The number of hydroxylamine groups is 1. The third-order valence-electron chi connectivity index (χ3n) is 3.51. The molecule has 7 nitrogen and oxygen atoms in total. The zero-order chi connectivity index (χ0) is 19.5. The molecule has 27 heavy (non-hydrogen) atoms. The van der Waals surface area contributed by atoms with Gasteiger partial charge in [-0.25, -0.2) is 15.3 Å². The van der Waals surface area contributed by atoms with Crippen LogP contribution in [0, 0.1) is 5.82 Å². The van der Waals surface area contributed by atoms with E-state index < -0.39 is 11.7 Å². The SMILES string of the molecule is O=C(CCCCC(=O)N/N=C/c1ccc(F)c(Oc2ccccc2)c1)NO. The van der Waals surface area contributed by atoms with Crippen molar-refractivity contribution < 1.29 is 23.9 Å². The highest BCUT2D eigenvalue weighted by Crippen LogP contribution is 2.24. The second kappa shape index (κ2) is 10.7. The minimum atomic E-state index is -0.507. The summed E-state index contributed by atoms with van der Waals surface area (Å²) in [6.45, 7) is 0. The number of para-hydroxylation sites is 1. The maximum Gasteiger partial charge on any atom is 0.243 e. The summed E-state index contributed by atoms with van der Waals surface area (Å²) in [4.78, 5) is 22.5. The zero-order valence-electron chi connectivity index (χ0n) is 14.5. The smallest absolute Gasteiger partial charge is 0.243 e. The fraction of sp³-hybridized carbons (Fsp3) is 0.211. The normalized spacial score (nSPS) is 10.6. The molecule has 2 aromatic rings. The van der Waals surface area contributed by atoms with Crippen LogP contribution in [0.2, 0.25) is 0 Å². The van der Waals surface area contributed by atoms with Gasteiger partial charge in [-0.15, -0.1) is 0 Å². The van der Waals surface area contributed by atoms with Crippen LogP contribution in [-0.2, 0) is 9.59 Å². The van der Waals surface area contributed by atoms with E-state index in [1.807, 2.05) is 6.07 Å². The largest absolute Gasteiger partial charge is 0.454 e. The lowest BCUT2D eigenvalue weighted by molar-refractivity contribution is -0.129. The van der Waals surface area contributed by atoms with Crippen molar-refractivity contribution in [2.75, 3.05) is 0 Å². The molecule has 0 aliphatic heterocycles. The monoisotopic (exact) mass is 373 g/mol. The Labute approximate surface area is 155 Å². The van der Waals surface area contributed by atoms with E-state index in [0.29, 0.717) is 24.2 Å². The molecule has 0 bridgehead atoms. The number of hydrazone groups is 1. The fourth-order valence-electron chi connectivity index (χ4n) is 2.16. The summed E-state index contributed by atoms with van der Waals surface area (Å²) >= 11 is 0. The molecule has 142 valence electrons. The van der Waals surface area contributed by atoms with Crippen LogP contribution >= 0.6 is 0 Å². The quantitative estimate of drug-likeness (QED) is 0.272. The lowest BCUT2D eigenvalue weighted by Gasteiger charge is -2.07. The van der Waals surface area contributed by atoms with E-state index in [1.54, 1.807) is 24.3 Å². The third kappa shape index (κ3) is 7.25. The van der Waals surface area contributed by atoms with Crippen molar-refractivity contribution in [3.05, 3.63) is 59.9 Å². The summed E-state index contributed by atoms with van der Waals surface area (Å²) in [6.07, 6.45) is 2.69. The Bertz CT molecular complexity index is 797. The maximum absolute atomic E-state index is 13.9. The number of nitrogens with one attached hydrogen (secondary N) is 2. The number of nitrogens with zero attached hydrogens (tertiary/aromatic N) is 1. The Morgan fingerprint density at radius 1 is 1.07 bits per heavy atom. The average Bonchev–Trinajstić information content (AvgIpc) is 2.68. The van der Waals surface area contributed by atoms with Gasteiger partial charge in [0.25, 0.3) is 0 Å². The first-order valence-corrected chi connectivity index (χ1v) is 8.36. The van der Waals surface area contributed by atoms with E-state index in [4.69, 9.17) is 9.94 Å². The third-order valence-corrected chi connectivity index (χ3v) is 3.51. The highest BCUT2D eigenvalue weighted by molar-refractivity contribution is 5.82. The van der Waals surface area contributed by atoms with Gasteiger partial charge in [-0.2, -0.15) is 5.10 Å². The Morgan fingerprint density at radius 2 is 1.78 bits per heavy atom. The summed E-state index contributed by atoms with van der Waals surface area (Å²) in [6, 6.07) is 13.1. The minimum absolute atomic E-state index is 0.0543. The predicted octanol–water partition coefficient (Wildman–Crippen LogP) is 3.13. The molecule has 3 N–H and O–H groups in total. The van der Waals surface area contributed by atoms with Crippen molar-refractivity contribution in [3.8, 4) is 11.5 Å². The van der Waals surface area contributed by atoms with Crippen LogP contribution in [0.25, 0.3) is 0 Å². The number of carbonyl (C=O) groups is 2. The van der Waals surface area contributed by atoms with Gasteiger partial charge < -0.3 is 4.74 Å². The molecule has 2 rings (SSSR count). The molecular formula is C19H20FN3O4. The second-order valence-corrected chi connectivity index (χ2v) is 5.64. The zero-order valence-corrected chi connectivity index (χ0v) is 14.5. The average molecular weight is 373 g/mol. The van der Waals surface area contributed by atoms with E-state index in [-0.39, 0.29) is 24.5 Å². The van der Waals surface area contributed by atoms with Crippen molar-refractivity contribution in [1.29, 1.82) is 0 Å². The molecule has 2 aromatic carbocycles. The molecule has 0 radical (unpaired) electrons. The molecule has 0 unspecified atom stereocenters. The van der Waals surface area contributed by atoms with Crippen molar-refractivity contribution in [3.63, 3.8) is 0 Å². The Balaban J connectivity index is 1.83. The van der Waals surface area contributed by atoms with Crippen molar-refractivity contribution in [1.82, 2.24) is 10.9 Å². The molecule has 2 amide bonds. The van der Waals surface area contributed by atoms with Crippen molar-refractivity contribution in [2.45, 2.75) is 25.7 Å².